The Morgan fingerprint density at radius 1 is 1.13 bits per heavy atom. The van der Waals surface area contributed by atoms with Crippen molar-refractivity contribution in [1.29, 1.82) is 0 Å². The molecule has 1 saturated heterocycles. The van der Waals surface area contributed by atoms with Gasteiger partial charge in [0, 0.05) is 13.6 Å². The van der Waals surface area contributed by atoms with E-state index >= 15 is 0 Å². The second-order valence-electron chi connectivity index (χ2n) is 7.49. The summed E-state index contributed by atoms with van der Waals surface area (Å²) in [5, 5.41) is 2.80. The maximum absolute atomic E-state index is 13.2. The van der Waals surface area contributed by atoms with Gasteiger partial charge in [-0.15, -0.1) is 0 Å². The van der Waals surface area contributed by atoms with Crippen molar-refractivity contribution < 1.29 is 19.1 Å². The van der Waals surface area contributed by atoms with Crippen LogP contribution in [0.5, 0.6) is 5.75 Å². The molecule has 2 aromatic rings. The number of aryl methyl sites for hydroxylation is 1. The number of imide groups is 1. The molecule has 7 nitrogen and oxygen atoms in total. The quantitative estimate of drug-likeness (QED) is 0.714. The van der Waals surface area contributed by atoms with Gasteiger partial charge < -0.3 is 15.0 Å². The third kappa shape index (κ3) is 3.87. The van der Waals surface area contributed by atoms with Gasteiger partial charge in [-0.3, -0.25) is 14.5 Å². The van der Waals surface area contributed by atoms with E-state index < -0.39 is 17.5 Å². The van der Waals surface area contributed by atoms with E-state index in [1.54, 1.807) is 38.4 Å². The van der Waals surface area contributed by atoms with Crippen molar-refractivity contribution in [3.05, 3.63) is 65.2 Å². The average Bonchev–Trinajstić information content (AvgIpc) is 3.00. The van der Waals surface area contributed by atoms with Crippen molar-refractivity contribution in [2.75, 3.05) is 20.7 Å². The van der Waals surface area contributed by atoms with Crippen LogP contribution < -0.4 is 10.1 Å². The minimum atomic E-state index is -1.18. The van der Waals surface area contributed by atoms with Crippen molar-refractivity contribution in [3.8, 4) is 5.75 Å². The minimum Gasteiger partial charge on any atom is -0.497 e. The lowest BCUT2D eigenvalue weighted by Gasteiger charge is -2.26. The molecule has 1 fully saturated rings. The van der Waals surface area contributed by atoms with E-state index in [-0.39, 0.29) is 12.5 Å². The first-order valence-corrected chi connectivity index (χ1v) is 9.89. The highest BCUT2D eigenvalue weighted by molar-refractivity contribution is 6.09. The van der Waals surface area contributed by atoms with Crippen molar-refractivity contribution >= 4 is 17.8 Å². The van der Waals surface area contributed by atoms with Gasteiger partial charge in [-0.05, 0) is 42.2 Å². The number of benzene rings is 2. The fourth-order valence-electron chi connectivity index (χ4n) is 3.67. The number of carbonyl (C=O) groups is 3. The molecule has 0 radical (unpaired) electrons. The van der Waals surface area contributed by atoms with E-state index in [1.165, 1.54) is 4.90 Å². The highest BCUT2D eigenvalue weighted by Crippen LogP contribution is 2.33. The molecule has 0 aliphatic carbocycles. The highest BCUT2D eigenvalue weighted by atomic mass is 16.5. The Morgan fingerprint density at radius 3 is 2.40 bits per heavy atom. The summed E-state index contributed by atoms with van der Waals surface area (Å²) in [6, 6.07) is 14.3. The van der Waals surface area contributed by atoms with Gasteiger partial charge in [0.15, 0.2) is 0 Å². The Morgan fingerprint density at radius 2 is 1.80 bits per heavy atom. The SMILES string of the molecule is CC[C@]1(c2ccc(OC)cc2)NC(=O)N(CC(=O)N(C)Cc2ccccc2C)C1=O. The van der Waals surface area contributed by atoms with Crippen molar-refractivity contribution in [1.82, 2.24) is 15.1 Å². The molecular weight excluding hydrogens is 382 g/mol. The Bertz CT molecular complexity index is 957. The van der Waals surface area contributed by atoms with Gasteiger partial charge in [0.05, 0.1) is 7.11 Å². The molecule has 0 aromatic heterocycles. The number of rotatable bonds is 7. The van der Waals surface area contributed by atoms with Crippen LogP contribution in [-0.2, 0) is 21.7 Å². The summed E-state index contributed by atoms with van der Waals surface area (Å²) in [5.74, 6) is -0.0622. The topological polar surface area (TPSA) is 79.0 Å². The van der Waals surface area contributed by atoms with Gasteiger partial charge in [0.2, 0.25) is 5.91 Å². The van der Waals surface area contributed by atoms with Gasteiger partial charge in [-0.25, -0.2) is 4.79 Å². The number of nitrogens with zero attached hydrogens (tertiary/aromatic N) is 2. The Hall–Kier alpha value is -3.35. The van der Waals surface area contributed by atoms with Gasteiger partial charge in [0.1, 0.15) is 17.8 Å². The van der Waals surface area contributed by atoms with Gasteiger partial charge in [-0.1, -0.05) is 43.3 Å². The first-order chi connectivity index (χ1) is 14.3. The summed E-state index contributed by atoms with van der Waals surface area (Å²) in [6.45, 7) is 3.92. The summed E-state index contributed by atoms with van der Waals surface area (Å²) in [7, 11) is 3.23. The summed E-state index contributed by atoms with van der Waals surface area (Å²) in [6.07, 6.45) is 0.369. The molecule has 4 amide bonds. The predicted octanol–water partition coefficient (Wildman–Crippen LogP) is 2.82. The monoisotopic (exact) mass is 409 g/mol. The zero-order chi connectivity index (χ0) is 21.9. The summed E-state index contributed by atoms with van der Waals surface area (Å²) in [5.41, 5.74) is 1.58. The number of amides is 4. The predicted molar refractivity (Wildman–Crippen MR) is 113 cm³/mol. The van der Waals surface area contributed by atoms with Crippen LogP contribution in [0.15, 0.2) is 48.5 Å². The number of nitrogens with one attached hydrogen (secondary N) is 1. The molecule has 0 saturated carbocycles. The molecule has 158 valence electrons. The normalized spacial score (nSPS) is 18.3. The van der Waals surface area contributed by atoms with E-state index in [4.69, 9.17) is 4.74 Å². The molecule has 30 heavy (non-hydrogen) atoms. The van der Waals surface area contributed by atoms with Crippen LogP contribution >= 0.6 is 0 Å². The molecular formula is C23H27N3O4. The lowest BCUT2D eigenvalue weighted by Crippen LogP contribution is -2.45. The fraction of sp³-hybridized carbons (Fsp3) is 0.348. The van der Waals surface area contributed by atoms with Crippen molar-refractivity contribution in [2.24, 2.45) is 0 Å². The van der Waals surface area contributed by atoms with Crippen LogP contribution in [0.1, 0.15) is 30.0 Å². The van der Waals surface area contributed by atoms with Gasteiger partial charge in [0.25, 0.3) is 5.91 Å². The number of hydrogen-bond donors (Lipinski definition) is 1. The number of urea groups is 1. The maximum atomic E-state index is 13.2. The number of likely N-dealkylation sites (N-methyl/N-ethyl adjacent to an activating group) is 1. The lowest BCUT2D eigenvalue weighted by atomic mass is 9.87. The molecule has 1 atom stereocenters. The second-order valence-corrected chi connectivity index (χ2v) is 7.49. The van der Waals surface area contributed by atoms with Crippen LogP contribution in [0.25, 0.3) is 0 Å². The molecule has 1 aliphatic rings. The molecule has 2 aromatic carbocycles. The van der Waals surface area contributed by atoms with Crippen LogP contribution in [0, 0.1) is 6.92 Å². The summed E-state index contributed by atoms with van der Waals surface area (Å²) < 4.78 is 5.17. The van der Waals surface area contributed by atoms with Crippen LogP contribution in [0.4, 0.5) is 4.79 Å². The number of hydrogen-bond acceptors (Lipinski definition) is 4. The Balaban J connectivity index is 1.76. The largest absolute Gasteiger partial charge is 0.497 e. The smallest absolute Gasteiger partial charge is 0.325 e. The number of carbonyl (C=O) groups excluding carboxylic acids is 3. The average molecular weight is 409 g/mol. The molecule has 1 N–H and O–H groups in total. The molecule has 7 heteroatoms. The molecule has 1 heterocycles. The third-order valence-corrected chi connectivity index (χ3v) is 5.68. The standard InChI is InChI=1S/C23H27N3O4/c1-5-23(18-10-12-19(30-4)13-11-18)21(28)26(22(29)24-23)15-20(27)25(3)14-17-9-7-6-8-16(17)2/h6-13H,5,14-15H2,1-4H3,(H,24,29)/t23-/m1/s1. The van der Waals surface area contributed by atoms with E-state index in [1.807, 2.05) is 38.1 Å². The van der Waals surface area contributed by atoms with E-state index in [0.717, 1.165) is 16.0 Å². The Labute approximate surface area is 176 Å². The first-order valence-electron chi connectivity index (χ1n) is 9.89. The minimum absolute atomic E-state index is 0.301. The van der Waals surface area contributed by atoms with Crippen molar-refractivity contribution in [2.45, 2.75) is 32.4 Å². The first kappa shape index (κ1) is 21.4. The zero-order valence-electron chi connectivity index (χ0n) is 17.8. The third-order valence-electron chi connectivity index (χ3n) is 5.68. The van der Waals surface area contributed by atoms with Crippen LogP contribution in [0.3, 0.4) is 0 Å². The van der Waals surface area contributed by atoms with E-state index in [9.17, 15) is 14.4 Å². The van der Waals surface area contributed by atoms with Crippen molar-refractivity contribution in [3.63, 3.8) is 0 Å². The van der Waals surface area contributed by atoms with Crippen LogP contribution in [-0.4, -0.2) is 48.3 Å². The van der Waals surface area contributed by atoms with E-state index in [0.29, 0.717) is 24.3 Å². The highest BCUT2D eigenvalue weighted by Gasteiger charge is 2.51. The number of methoxy groups -OCH3 is 1. The zero-order valence-corrected chi connectivity index (χ0v) is 17.8. The molecule has 0 spiro atoms. The molecule has 1 aliphatic heterocycles. The number of ether oxygens (including phenoxy) is 1. The summed E-state index contributed by atoms with van der Waals surface area (Å²) in [4.78, 5) is 41.2. The lowest BCUT2D eigenvalue weighted by molar-refractivity contribution is -0.138. The molecule has 0 bridgehead atoms. The summed E-state index contributed by atoms with van der Waals surface area (Å²) >= 11 is 0. The van der Waals surface area contributed by atoms with Gasteiger partial charge >= 0.3 is 6.03 Å². The maximum Gasteiger partial charge on any atom is 0.325 e. The Kier molecular flexibility index (Phi) is 6.10. The van der Waals surface area contributed by atoms with Crippen LogP contribution in [0.2, 0.25) is 0 Å². The van der Waals surface area contributed by atoms with E-state index in [2.05, 4.69) is 5.32 Å². The molecule has 0 unspecified atom stereocenters. The second kappa shape index (κ2) is 8.57. The molecule has 3 rings (SSSR count). The fourth-order valence-corrected chi connectivity index (χ4v) is 3.67. The van der Waals surface area contributed by atoms with Gasteiger partial charge in [-0.2, -0.15) is 0 Å².